The van der Waals surface area contributed by atoms with Gasteiger partial charge in [-0.05, 0) is 55.3 Å². The predicted molar refractivity (Wildman–Crippen MR) is 93.4 cm³/mol. The molecule has 4 heteroatoms. The first kappa shape index (κ1) is 15.9. The lowest BCUT2D eigenvalue weighted by Gasteiger charge is -2.45. The number of benzene rings is 1. The van der Waals surface area contributed by atoms with Crippen molar-refractivity contribution in [3.8, 4) is 0 Å². The van der Waals surface area contributed by atoms with Crippen molar-refractivity contribution in [3.63, 3.8) is 0 Å². The first-order valence-corrected chi connectivity index (χ1v) is 8.24. The molecule has 1 aliphatic heterocycles. The van der Waals surface area contributed by atoms with Gasteiger partial charge in [-0.2, -0.15) is 0 Å². The van der Waals surface area contributed by atoms with E-state index in [0.29, 0.717) is 0 Å². The van der Waals surface area contributed by atoms with Crippen molar-refractivity contribution >= 4 is 11.9 Å². The molecule has 0 bridgehead atoms. The highest BCUT2D eigenvalue weighted by Crippen LogP contribution is 2.44. The molecule has 0 amide bonds. The highest BCUT2D eigenvalue weighted by atomic mass is 19.1. The van der Waals surface area contributed by atoms with Gasteiger partial charge in [0.1, 0.15) is 5.82 Å². The third-order valence-corrected chi connectivity index (χ3v) is 5.03. The summed E-state index contributed by atoms with van der Waals surface area (Å²) in [4.78, 5) is 2.48. The smallest absolute Gasteiger partial charge is 0.123 e. The first-order chi connectivity index (χ1) is 11.0. The molecule has 122 valence electrons. The summed E-state index contributed by atoms with van der Waals surface area (Å²) in [6.07, 6.45) is 5.61. The second-order valence-electron chi connectivity index (χ2n) is 6.74. The Morgan fingerprint density at radius 3 is 2.74 bits per heavy atom. The van der Waals surface area contributed by atoms with Crippen molar-refractivity contribution in [3.05, 3.63) is 53.0 Å². The van der Waals surface area contributed by atoms with Crippen LogP contribution in [0.25, 0.3) is 0 Å². The van der Waals surface area contributed by atoms with Gasteiger partial charge in [0.05, 0.1) is 0 Å². The summed E-state index contributed by atoms with van der Waals surface area (Å²) in [6.45, 7) is 7.74. The van der Waals surface area contributed by atoms with E-state index in [1.165, 1.54) is 23.9 Å². The summed E-state index contributed by atoms with van der Waals surface area (Å²) in [6, 6.07) is 6.37. The Morgan fingerprint density at radius 1 is 1.35 bits per heavy atom. The van der Waals surface area contributed by atoms with Crippen LogP contribution in [-0.2, 0) is 0 Å². The van der Waals surface area contributed by atoms with Crippen LogP contribution in [0.15, 0.2) is 47.2 Å². The van der Waals surface area contributed by atoms with E-state index in [4.69, 9.17) is 5.41 Å². The second-order valence-corrected chi connectivity index (χ2v) is 6.74. The molecule has 3 nitrogen and oxygen atoms in total. The fourth-order valence-corrected chi connectivity index (χ4v) is 3.66. The van der Waals surface area contributed by atoms with Gasteiger partial charge in [-0.1, -0.05) is 19.4 Å². The summed E-state index contributed by atoms with van der Waals surface area (Å²) >= 11 is 0. The number of halogens is 1. The van der Waals surface area contributed by atoms with Crippen LogP contribution in [0.5, 0.6) is 0 Å². The van der Waals surface area contributed by atoms with Crippen molar-refractivity contribution < 1.29 is 4.39 Å². The lowest BCUT2D eigenvalue weighted by molar-refractivity contribution is 0.158. The second kappa shape index (κ2) is 6.28. The molecule has 1 heterocycles. The van der Waals surface area contributed by atoms with Crippen LogP contribution in [0.4, 0.5) is 10.1 Å². The molecule has 0 saturated carbocycles. The average molecular weight is 313 g/mol. The van der Waals surface area contributed by atoms with Gasteiger partial charge in [0.25, 0.3) is 0 Å². The third-order valence-electron chi connectivity index (χ3n) is 5.03. The Labute approximate surface area is 137 Å². The van der Waals surface area contributed by atoms with Gasteiger partial charge < -0.3 is 15.6 Å². The number of rotatable bonds is 4. The molecule has 2 aliphatic rings. The summed E-state index contributed by atoms with van der Waals surface area (Å²) < 4.78 is 13.1. The molecule has 2 N–H and O–H groups in total. The number of nitrogens with zero attached hydrogens (tertiary/aromatic N) is 1. The number of likely N-dealkylation sites (tertiary alicyclic amines) is 1. The molecular weight excluding hydrogens is 289 g/mol. The van der Waals surface area contributed by atoms with E-state index < -0.39 is 0 Å². The number of hydrogen-bond donors (Lipinski definition) is 2. The SMILES string of the molecule is CCN1CCC2=CC(Nc3ccc(F)cc3)=C(C=N)CC2(C)C1. The minimum Gasteiger partial charge on any atom is -0.355 e. The van der Waals surface area contributed by atoms with E-state index in [1.54, 1.807) is 12.1 Å². The average Bonchev–Trinajstić information content (AvgIpc) is 2.56. The number of allylic oxidation sites excluding steroid dienone is 2. The van der Waals surface area contributed by atoms with Crippen molar-refractivity contribution in [2.75, 3.05) is 25.0 Å². The maximum atomic E-state index is 13.1. The first-order valence-electron chi connectivity index (χ1n) is 8.24. The van der Waals surface area contributed by atoms with Crippen LogP contribution in [0, 0.1) is 16.6 Å². The molecule has 0 spiro atoms. The predicted octanol–water partition coefficient (Wildman–Crippen LogP) is 4.20. The number of hydrogen-bond acceptors (Lipinski definition) is 3. The zero-order valence-corrected chi connectivity index (χ0v) is 13.8. The Hall–Kier alpha value is -1.94. The summed E-state index contributed by atoms with van der Waals surface area (Å²) in [5.74, 6) is -0.238. The Bertz CT molecular complexity index is 660. The molecule has 1 aliphatic carbocycles. The van der Waals surface area contributed by atoms with Crippen LogP contribution in [0.1, 0.15) is 26.7 Å². The van der Waals surface area contributed by atoms with Crippen molar-refractivity contribution in [2.24, 2.45) is 5.41 Å². The molecule has 1 unspecified atom stereocenters. The van der Waals surface area contributed by atoms with Gasteiger partial charge in [-0.25, -0.2) is 4.39 Å². The molecular formula is C19H24FN3. The van der Waals surface area contributed by atoms with Gasteiger partial charge in [-0.3, -0.25) is 0 Å². The number of nitrogens with one attached hydrogen (secondary N) is 2. The van der Waals surface area contributed by atoms with Crippen molar-refractivity contribution in [2.45, 2.75) is 26.7 Å². The Kier molecular flexibility index (Phi) is 4.35. The van der Waals surface area contributed by atoms with Crippen LogP contribution in [0.2, 0.25) is 0 Å². The largest absolute Gasteiger partial charge is 0.355 e. The molecule has 1 atom stereocenters. The van der Waals surface area contributed by atoms with Crippen molar-refractivity contribution in [1.29, 1.82) is 5.41 Å². The van der Waals surface area contributed by atoms with Crippen LogP contribution < -0.4 is 5.32 Å². The fraction of sp³-hybridized carbons (Fsp3) is 0.421. The van der Waals surface area contributed by atoms with Crippen LogP contribution >= 0.6 is 0 Å². The zero-order chi connectivity index (χ0) is 16.4. The van der Waals surface area contributed by atoms with E-state index in [9.17, 15) is 4.39 Å². The number of fused-ring (bicyclic) bond motifs is 1. The van der Waals surface area contributed by atoms with E-state index >= 15 is 0 Å². The van der Waals surface area contributed by atoms with E-state index in [0.717, 1.165) is 49.4 Å². The monoisotopic (exact) mass is 313 g/mol. The van der Waals surface area contributed by atoms with Gasteiger partial charge in [-0.15, -0.1) is 0 Å². The molecule has 1 aromatic carbocycles. The summed E-state index contributed by atoms with van der Waals surface area (Å²) in [5.41, 5.74) is 4.42. The highest BCUT2D eigenvalue weighted by molar-refractivity contribution is 5.80. The Morgan fingerprint density at radius 2 is 2.09 bits per heavy atom. The molecule has 3 rings (SSSR count). The maximum Gasteiger partial charge on any atom is 0.123 e. The minimum absolute atomic E-state index is 0.120. The molecule has 1 aromatic rings. The fourth-order valence-electron chi connectivity index (χ4n) is 3.66. The normalized spacial score (nSPS) is 24.9. The van der Waals surface area contributed by atoms with Gasteiger partial charge >= 0.3 is 0 Å². The van der Waals surface area contributed by atoms with Gasteiger partial charge in [0, 0.05) is 36.1 Å². The van der Waals surface area contributed by atoms with E-state index in [-0.39, 0.29) is 11.2 Å². The standard InChI is InChI=1S/C19H24FN3/c1-3-23-9-8-15-10-18(14(12-21)11-19(15,2)13-23)22-17-6-4-16(20)5-7-17/h4-7,10,12,21-22H,3,8-9,11,13H2,1-2H3. The van der Waals surface area contributed by atoms with Gasteiger partial charge in [0.2, 0.25) is 0 Å². The third kappa shape index (κ3) is 3.22. The minimum atomic E-state index is -0.238. The quantitative estimate of drug-likeness (QED) is 0.818. The lowest BCUT2D eigenvalue weighted by atomic mass is 9.69. The van der Waals surface area contributed by atoms with Crippen LogP contribution in [0.3, 0.4) is 0 Å². The number of piperidine rings is 1. The zero-order valence-electron chi connectivity index (χ0n) is 13.8. The number of anilines is 1. The molecule has 0 aromatic heterocycles. The maximum absolute atomic E-state index is 13.1. The van der Waals surface area contributed by atoms with Crippen LogP contribution in [-0.4, -0.2) is 30.7 Å². The van der Waals surface area contributed by atoms with E-state index in [2.05, 4.69) is 30.1 Å². The van der Waals surface area contributed by atoms with Gasteiger partial charge in [0.15, 0.2) is 0 Å². The molecule has 23 heavy (non-hydrogen) atoms. The molecule has 1 saturated heterocycles. The lowest BCUT2D eigenvalue weighted by Crippen LogP contribution is -2.44. The summed E-state index contributed by atoms with van der Waals surface area (Å²) in [5, 5.41) is 11.1. The van der Waals surface area contributed by atoms with E-state index in [1.807, 2.05) is 0 Å². The summed E-state index contributed by atoms with van der Waals surface area (Å²) in [7, 11) is 0. The molecule has 1 fully saturated rings. The Balaban J connectivity index is 1.87. The van der Waals surface area contributed by atoms with Crippen molar-refractivity contribution in [1.82, 2.24) is 4.90 Å². The topological polar surface area (TPSA) is 39.1 Å². The highest BCUT2D eigenvalue weighted by Gasteiger charge is 2.38. The molecule has 0 radical (unpaired) electrons.